The van der Waals surface area contributed by atoms with Crippen LogP contribution in [0, 0.1) is 0 Å². The summed E-state index contributed by atoms with van der Waals surface area (Å²) in [7, 11) is 0. The van der Waals surface area contributed by atoms with E-state index in [0.717, 1.165) is 0 Å². The Hall–Kier alpha value is -2.23. The van der Waals surface area contributed by atoms with Crippen LogP contribution in [0.4, 0.5) is 0 Å². The van der Waals surface area contributed by atoms with E-state index in [4.69, 9.17) is 0 Å². The summed E-state index contributed by atoms with van der Waals surface area (Å²) in [5.74, 6) is -0.808. The highest BCUT2D eigenvalue weighted by Gasteiger charge is 2.15. The minimum absolute atomic E-state index is 0.193. The van der Waals surface area contributed by atoms with Crippen molar-refractivity contribution in [2.75, 3.05) is 0 Å². The van der Waals surface area contributed by atoms with Crippen LogP contribution < -0.4 is 0 Å². The van der Waals surface area contributed by atoms with E-state index >= 15 is 0 Å². The van der Waals surface area contributed by atoms with Crippen LogP contribution in [-0.2, 0) is 4.79 Å². The third kappa shape index (κ3) is 1.44. The van der Waals surface area contributed by atoms with Gasteiger partial charge < -0.3 is 0 Å². The second kappa shape index (κ2) is 3.73. The monoisotopic (exact) mass is 215 g/mol. The fraction of sp³-hybridized carbons (Fsp3) is 0.0833. The molecule has 2 aromatic rings. The lowest BCUT2D eigenvalue weighted by Gasteiger charge is -1.96. The summed E-state index contributed by atoms with van der Waals surface area (Å²) in [6.07, 6.45) is 1.66. The number of fused-ring (bicyclic) bond motifs is 1. The topological polar surface area (TPSA) is 56.1 Å². The van der Waals surface area contributed by atoms with Crippen molar-refractivity contribution >= 4 is 28.9 Å². The lowest BCUT2D eigenvalue weighted by molar-refractivity contribution is -0.104. The number of hydrogen-bond donors (Lipinski definition) is 0. The van der Waals surface area contributed by atoms with Crippen LogP contribution in [0.25, 0.3) is 10.9 Å². The molecule has 4 heteroatoms. The Bertz CT molecular complexity index is 595. The highest BCUT2D eigenvalue weighted by molar-refractivity contribution is 6.36. The number of Topliss-reactive ketones (excluding diaryl/α,β-unsaturated/α-hetero) is 1. The van der Waals surface area contributed by atoms with E-state index < -0.39 is 5.78 Å². The van der Waals surface area contributed by atoms with E-state index in [2.05, 4.69) is 0 Å². The molecule has 16 heavy (non-hydrogen) atoms. The molecular weight excluding hydrogens is 206 g/mol. The summed E-state index contributed by atoms with van der Waals surface area (Å²) < 4.78 is 1.37. The Labute approximate surface area is 91.5 Å². The van der Waals surface area contributed by atoms with E-state index in [1.807, 2.05) is 0 Å². The van der Waals surface area contributed by atoms with Crippen molar-refractivity contribution in [2.45, 2.75) is 6.92 Å². The SMILES string of the molecule is CC(=O)n1cc(C(=O)C=O)c2ccccc21. The Morgan fingerprint density at radius 2 is 1.94 bits per heavy atom. The van der Waals surface area contributed by atoms with Crippen molar-refractivity contribution in [2.24, 2.45) is 0 Å². The number of nitrogens with zero attached hydrogens (tertiary/aromatic N) is 1. The van der Waals surface area contributed by atoms with E-state index in [1.54, 1.807) is 24.3 Å². The number of carbonyl (C=O) groups excluding carboxylic acids is 3. The average Bonchev–Trinajstić information content (AvgIpc) is 2.67. The molecule has 1 aromatic carbocycles. The molecule has 0 fully saturated rings. The molecule has 4 nitrogen and oxygen atoms in total. The molecule has 0 saturated heterocycles. The zero-order chi connectivity index (χ0) is 11.7. The Balaban J connectivity index is 2.81. The molecule has 0 aliphatic carbocycles. The molecule has 0 aliphatic rings. The van der Waals surface area contributed by atoms with Gasteiger partial charge in [0, 0.05) is 18.5 Å². The molecule has 0 spiro atoms. The molecule has 2 rings (SSSR count). The van der Waals surface area contributed by atoms with Gasteiger partial charge in [0.2, 0.25) is 11.7 Å². The lowest BCUT2D eigenvalue weighted by atomic mass is 10.1. The second-order valence-corrected chi connectivity index (χ2v) is 3.43. The van der Waals surface area contributed by atoms with E-state index in [0.29, 0.717) is 10.9 Å². The molecule has 1 aromatic heterocycles. The van der Waals surface area contributed by atoms with Gasteiger partial charge in [-0.15, -0.1) is 0 Å². The lowest BCUT2D eigenvalue weighted by Crippen LogP contribution is -2.04. The molecule has 0 atom stereocenters. The maximum Gasteiger partial charge on any atom is 0.227 e. The largest absolute Gasteiger partial charge is 0.294 e. The summed E-state index contributed by atoms with van der Waals surface area (Å²) in [5, 5.41) is 0.620. The average molecular weight is 215 g/mol. The number of aldehydes is 1. The summed E-state index contributed by atoms with van der Waals surface area (Å²) in [6.45, 7) is 1.40. The fourth-order valence-corrected chi connectivity index (χ4v) is 1.70. The molecule has 0 amide bonds. The predicted octanol–water partition coefficient (Wildman–Crippen LogP) is 1.68. The minimum atomic E-state index is -0.615. The van der Waals surface area contributed by atoms with Crippen molar-refractivity contribution in [1.82, 2.24) is 4.57 Å². The van der Waals surface area contributed by atoms with Crippen LogP contribution in [0.1, 0.15) is 22.1 Å². The van der Waals surface area contributed by atoms with Gasteiger partial charge in [0.05, 0.1) is 11.1 Å². The van der Waals surface area contributed by atoms with Gasteiger partial charge in [-0.25, -0.2) is 0 Å². The van der Waals surface area contributed by atoms with Gasteiger partial charge in [0.15, 0.2) is 6.29 Å². The zero-order valence-electron chi connectivity index (χ0n) is 8.64. The molecule has 0 aliphatic heterocycles. The van der Waals surface area contributed by atoms with Crippen LogP contribution in [0.2, 0.25) is 0 Å². The summed E-state index contributed by atoms with van der Waals surface area (Å²) in [5.41, 5.74) is 0.904. The van der Waals surface area contributed by atoms with E-state index in [9.17, 15) is 14.4 Å². The van der Waals surface area contributed by atoms with E-state index in [-0.39, 0.29) is 17.8 Å². The number of carbonyl (C=O) groups is 3. The van der Waals surface area contributed by atoms with Crippen molar-refractivity contribution in [3.05, 3.63) is 36.0 Å². The van der Waals surface area contributed by atoms with Crippen LogP contribution in [0.5, 0.6) is 0 Å². The van der Waals surface area contributed by atoms with Gasteiger partial charge >= 0.3 is 0 Å². The van der Waals surface area contributed by atoms with Crippen LogP contribution in [-0.4, -0.2) is 22.5 Å². The van der Waals surface area contributed by atoms with Gasteiger partial charge in [-0.2, -0.15) is 0 Å². The number of ketones is 1. The first-order chi connectivity index (χ1) is 7.65. The van der Waals surface area contributed by atoms with Crippen LogP contribution >= 0.6 is 0 Å². The predicted molar refractivity (Wildman–Crippen MR) is 58.6 cm³/mol. The summed E-state index contributed by atoms with van der Waals surface area (Å²) >= 11 is 0. The normalized spacial score (nSPS) is 10.3. The Kier molecular flexibility index (Phi) is 2.40. The first-order valence-electron chi connectivity index (χ1n) is 4.75. The highest BCUT2D eigenvalue weighted by atomic mass is 16.2. The van der Waals surface area contributed by atoms with Crippen LogP contribution in [0.3, 0.4) is 0 Å². The smallest absolute Gasteiger partial charge is 0.227 e. The van der Waals surface area contributed by atoms with Crippen molar-refractivity contribution in [3.63, 3.8) is 0 Å². The second-order valence-electron chi connectivity index (χ2n) is 3.43. The summed E-state index contributed by atoms with van der Waals surface area (Å²) in [4.78, 5) is 33.2. The quantitative estimate of drug-likeness (QED) is 0.435. The number of para-hydroxylation sites is 1. The minimum Gasteiger partial charge on any atom is -0.294 e. The Morgan fingerprint density at radius 1 is 1.25 bits per heavy atom. The van der Waals surface area contributed by atoms with Crippen molar-refractivity contribution < 1.29 is 14.4 Å². The van der Waals surface area contributed by atoms with Gasteiger partial charge in [-0.05, 0) is 6.07 Å². The molecular formula is C12H9NO3. The van der Waals surface area contributed by atoms with Gasteiger partial charge in [-0.1, -0.05) is 18.2 Å². The maximum atomic E-state index is 11.4. The molecule has 0 bridgehead atoms. The standard InChI is InChI=1S/C12H9NO3/c1-8(15)13-6-10(12(16)7-14)9-4-2-3-5-11(9)13/h2-7H,1H3. The fourth-order valence-electron chi connectivity index (χ4n) is 1.70. The van der Waals surface area contributed by atoms with E-state index in [1.165, 1.54) is 17.7 Å². The molecule has 0 N–H and O–H groups in total. The number of aromatic nitrogens is 1. The molecule has 0 unspecified atom stereocenters. The van der Waals surface area contributed by atoms with Gasteiger partial charge in [0.1, 0.15) is 0 Å². The zero-order valence-corrected chi connectivity index (χ0v) is 8.64. The Morgan fingerprint density at radius 3 is 2.56 bits per heavy atom. The van der Waals surface area contributed by atoms with Gasteiger partial charge in [-0.3, -0.25) is 19.0 Å². The van der Waals surface area contributed by atoms with Crippen molar-refractivity contribution in [1.29, 1.82) is 0 Å². The number of benzene rings is 1. The number of hydrogen-bond acceptors (Lipinski definition) is 3. The third-order valence-corrected chi connectivity index (χ3v) is 2.42. The first-order valence-corrected chi connectivity index (χ1v) is 4.75. The van der Waals surface area contributed by atoms with Gasteiger partial charge in [0.25, 0.3) is 0 Å². The van der Waals surface area contributed by atoms with Crippen molar-refractivity contribution in [3.8, 4) is 0 Å². The molecule has 0 radical (unpaired) electrons. The first kappa shape index (κ1) is 10.3. The number of rotatable bonds is 2. The molecule has 80 valence electrons. The van der Waals surface area contributed by atoms with Crippen LogP contribution in [0.15, 0.2) is 30.5 Å². The third-order valence-electron chi connectivity index (χ3n) is 2.42. The molecule has 1 heterocycles. The summed E-state index contributed by atoms with van der Waals surface area (Å²) in [6, 6.07) is 6.98. The molecule has 0 saturated carbocycles. The highest BCUT2D eigenvalue weighted by Crippen LogP contribution is 2.21. The maximum absolute atomic E-state index is 11.4.